The average molecular weight is 246 g/mol. The van der Waals surface area contributed by atoms with Gasteiger partial charge in [0.05, 0.1) is 16.8 Å². The minimum absolute atomic E-state index is 0.268. The summed E-state index contributed by atoms with van der Waals surface area (Å²) >= 11 is 1.67. The first-order valence-electron chi connectivity index (χ1n) is 5.83. The van der Waals surface area contributed by atoms with Gasteiger partial charge in [-0.25, -0.2) is 4.98 Å². The second-order valence-corrected chi connectivity index (χ2v) is 5.66. The molecule has 0 radical (unpaired) electrons. The molecule has 1 fully saturated rings. The van der Waals surface area contributed by atoms with Crippen LogP contribution in [0.25, 0.3) is 10.2 Å². The normalized spacial score (nSPS) is 15.1. The molecule has 3 rings (SSSR count). The van der Waals surface area contributed by atoms with Crippen molar-refractivity contribution in [3.05, 3.63) is 29.3 Å². The van der Waals surface area contributed by atoms with Gasteiger partial charge in [-0.05, 0) is 25.0 Å². The van der Waals surface area contributed by atoms with Crippen LogP contribution in [0.1, 0.15) is 17.8 Å². The van der Waals surface area contributed by atoms with E-state index in [2.05, 4.69) is 11.1 Å². The van der Waals surface area contributed by atoms with Crippen LogP contribution in [0.4, 0.5) is 0 Å². The van der Waals surface area contributed by atoms with E-state index in [-0.39, 0.29) is 11.8 Å². The number of carbonyl (C=O) groups is 1. The Morgan fingerprint density at radius 3 is 2.94 bits per heavy atom. The predicted molar refractivity (Wildman–Crippen MR) is 68.8 cm³/mol. The van der Waals surface area contributed by atoms with Gasteiger partial charge >= 0.3 is 0 Å². The van der Waals surface area contributed by atoms with E-state index in [0.29, 0.717) is 6.54 Å². The van der Waals surface area contributed by atoms with Crippen molar-refractivity contribution in [2.24, 2.45) is 5.92 Å². The Labute approximate surface area is 104 Å². The van der Waals surface area contributed by atoms with E-state index in [0.717, 1.165) is 23.4 Å². The zero-order valence-corrected chi connectivity index (χ0v) is 10.5. The number of rotatable bonds is 3. The third kappa shape index (κ3) is 2.17. The van der Waals surface area contributed by atoms with Gasteiger partial charge in [0.1, 0.15) is 5.01 Å². The summed E-state index contributed by atoms with van der Waals surface area (Å²) in [5.74, 6) is 0.554. The second-order valence-electron chi connectivity index (χ2n) is 4.54. The van der Waals surface area contributed by atoms with Gasteiger partial charge in [0.2, 0.25) is 5.91 Å². The van der Waals surface area contributed by atoms with E-state index in [4.69, 9.17) is 0 Å². The second kappa shape index (κ2) is 4.11. The standard InChI is InChI=1S/C13H14N2OS/c1-15(13(16)9-6-7-9)8-12-14-10-4-2-3-5-11(10)17-12/h2-5,9H,6-8H2,1H3. The fraction of sp³-hybridized carbons (Fsp3) is 0.385. The molecule has 1 aromatic carbocycles. The minimum atomic E-state index is 0.268. The average Bonchev–Trinajstić information content (AvgIpc) is 3.08. The molecule has 0 saturated heterocycles. The van der Waals surface area contributed by atoms with Crippen molar-refractivity contribution in [2.45, 2.75) is 19.4 Å². The van der Waals surface area contributed by atoms with Crippen LogP contribution in [0.15, 0.2) is 24.3 Å². The molecular formula is C13H14N2OS. The molecule has 0 N–H and O–H groups in total. The van der Waals surface area contributed by atoms with Crippen molar-refractivity contribution in [2.75, 3.05) is 7.05 Å². The van der Waals surface area contributed by atoms with Gasteiger partial charge in [-0.15, -0.1) is 11.3 Å². The molecule has 0 atom stereocenters. The number of para-hydroxylation sites is 1. The van der Waals surface area contributed by atoms with E-state index < -0.39 is 0 Å². The number of hydrogen-bond acceptors (Lipinski definition) is 3. The number of fused-ring (bicyclic) bond motifs is 1. The van der Waals surface area contributed by atoms with Crippen LogP contribution in [0.5, 0.6) is 0 Å². The molecule has 1 aromatic heterocycles. The summed E-state index contributed by atoms with van der Waals surface area (Å²) in [4.78, 5) is 18.2. The highest BCUT2D eigenvalue weighted by Gasteiger charge is 2.32. The van der Waals surface area contributed by atoms with Gasteiger partial charge in [-0.1, -0.05) is 12.1 Å². The quantitative estimate of drug-likeness (QED) is 0.834. The maximum Gasteiger partial charge on any atom is 0.225 e. The van der Waals surface area contributed by atoms with Crippen LogP contribution in [-0.2, 0) is 11.3 Å². The molecule has 0 bridgehead atoms. The Kier molecular flexibility index (Phi) is 2.59. The van der Waals surface area contributed by atoms with E-state index in [1.165, 1.54) is 4.70 Å². The van der Waals surface area contributed by atoms with Gasteiger partial charge in [0.25, 0.3) is 0 Å². The van der Waals surface area contributed by atoms with Crippen molar-refractivity contribution in [1.82, 2.24) is 9.88 Å². The van der Waals surface area contributed by atoms with Crippen LogP contribution in [0.2, 0.25) is 0 Å². The predicted octanol–water partition coefficient (Wildman–Crippen LogP) is 2.66. The highest BCUT2D eigenvalue weighted by molar-refractivity contribution is 7.18. The summed E-state index contributed by atoms with van der Waals surface area (Å²) in [6.45, 7) is 0.634. The summed E-state index contributed by atoms with van der Waals surface area (Å²) in [5.41, 5.74) is 1.03. The Hall–Kier alpha value is -1.42. The topological polar surface area (TPSA) is 33.2 Å². The SMILES string of the molecule is CN(Cc1nc2ccccc2s1)C(=O)C1CC1. The van der Waals surface area contributed by atoms with Crippen molar-refractivity contribution in [1.29, 1.82) is 0 Å². The van der Waals surface area contributed by atoms with Gasteiger partial charge < -0.3 is 4.90 Å². The van der Waals surface area contributed by atoms with Crippen molar-refractivity contribution < 1.29 is 4.79 Å². The Morgan fingerprint density at radius 1 is 1.47 bits per heavy atom. The van der Waals surface area contributed by atoms with Crippen molar-refractivity contribution in [3.8, 4) is 0 Å². The molecule has 1 aliphatic carbocycles. The number of nitrogens with zero attached hydrogens (tertiary/aromatic N) is 2. The molecule has 3 nitrogen and oxygen atoms in total. The molecule has 1 saturated carbocycles. The third-order valence-corrected chi connectivity index (χ3v) is 4.03. The zero-order valence-electron chi connectivity index (χ0n) is 9.72. The van der Waals surface area contributed by atoms with Crippen LogP contribution in [0.3, 0.4) is 0 Å². The number of amides is 1. The maximum atomic E-state index is 11.8. The van der Waals surface area contributed by atoms with Crippen LogP contribution < -0.4 is 0 Å². The molecule has 0 spiro atoms. The Bertz CT molecular complexity index is 526. The first-order chi connectivity index (χ1) is 8.24. The monoisotopic (exact) mass is 246 g/mol. The highest BCUT2D eigenvalue weighted by atomic mass is 32.1. The number of benzene rings is 1. The van der Waals surface area contributed by atoms with Crippen molar-refractivity contribution >= 4 is 27.5 Å². The largest absolute Gasteiger partial charge is 0.339 e. The van der Waals surface area contributed by atoms with Gasteiger partial charge in [-0.2, -0.15) is 0 Å². The first kappa shape index (κ1) is 10.7. The van der Waals surface area contributed by atoms with Crippen molar-refractivity contribution in [3.63, 3.8) is 0 Å². The van der Waals surface area contributed by atoms with E-state index in [9.17, 15) is 4.79 Å². The smallest absolute Gasteiger partial charge is 0.225 e. The van der Waals surface area contributed by atoms with Crippen LogP contribution in [-0.4, -0.2) is 22.8 Å². The fourth-order valence-electron chi connectivity index (χ4n) is 1.91. The lowest BCUT2D eigenvalue weighted by molar-refractivity contribution is -0.131. The summed E-state index contributed by atoms with van der Waals surface area (Å²) in [6, 6.07) is 8.09. The van der Waals surface area contributed by atoms with E-state index >= 15 is 0 Å². The summed E-state index contributed by atoms with van der Waals surface area (Å²) < 4.78 is 1.19. The molecule has 88 valence electrons. The molecule has 1 amide bonds. The lowest BCUT2D eigenvalue weighted by Crippen LogP contribution is -2.27. The minimum Gasteiger partial charge on any atom is -0.339 e. The lowest BCUT2D eigenvalue weighted by Gasteiger charge is -2.14. The van der Waals surface area contributed by atoms with Gasteiger partial charge in [-0.3, -0.25) is 4.79 Å². The molecule has 4 heteroatoms. The molecule has 1 heterocycles. The van der Waals surface area contributed by atoms with Crippen LogP contribution >= 0.6 is 11.3 Å². The molecular weight excluding hydrogens is 232 g/mol. The lowest BCUT2D eigenvalue weighted by atomic mass is 10.3. The molecule has 0 unspecified atom stereocenters. The summed E-state index contributed by atoms with van der Waals surface area (Å²) in [6.07, 6.45) is 2.12. The van der Waals surface area contributed by atoms with Gasteiger partial charge in [0.15, 0.2) is 0 Å². The molecule has 1 aliphatic rings. The molecule has 0 aliphatic heterocycles. The maximum absolute atomic E-state index is 11.8. The molecule has 2 aromatic rings. The third-order valence-electron chi connectivity index (χ3n) is 3.01. The van der Waals surface area contributed by atoms with Crippen LogP contribution in [0, 0.1) is 5.92 Å². The summed E-state index contributed by atoms with van der Waals surface area (Å²) in [5, 5.41) is 1.02. The number of carbonyl (C=O) groups excluding carboxylic acids is 1. The van der Waals surface area contributed by atoms with E-state index in [1.807, 2.05) is 25.2 Å². The van der Waals surface area contributed by atoms with Gasteiger partial charge in [0, 0.05) is 13.0 Å². The number of aromatic nitrogens is 1. The Morgan fingerprint density at radius 2 is 2.24 bits per heavy atom. The fourth-order valence-corrected chi connectivity index (χ4v) is 2.93. The first-order valence-corrected chi connectivity index (χ1v) is 6.65. The number of hydrogen-bond donors (Lipinski definition) is 0. The number of thiazole rings is 1. The van der Waals surface area contributed by atoms with E-state index in [1.54, 1.807) is 16.2 Å². The highest BCUT2D eigenvalue weighted by Crippen LogP contribution is 2.31. The summed E-state index contributed by atoms with van der Waals surface area (Å²) in [7, 11) is 1.87. The Balaban J connectivity index is 1.77. The zero-order chi connectivity index (χ0) is 11.8. The molecule has 17 heavy (non-hydrogen) atoms.